The fraction of sp³-hybridized carbons (Fsp3) is 0.467. The van der Waals surface area contributed by atoms with Crippen molar-refractivity contribution in [2.45, 2.75) is 39.8 Å². The van der Waals surface area contributed by atoms with E-state index in [1.807, 2.05) is 6.92 Å². The molecule has 2 heterocycles. The van der Waals surface area contributed by atoms with E-state index >= 15 is 0 Å². The van der Waals surface area contributed by atoms with Crippen LogP contribution in [-0.4, -0.2) is 28.0 Å². The molecule has 2 aromatic rings. The highest BCUT2D eigenvalue weighted by atomic mass is 32.1. The number of nitrogens with one attached hydrogen (secondary N) is 1. The molecule has 22 heavy (non-hydrogen) atoms. The summed E-state index contributed by atoms with van der Waals surface area (Å²) in [5, 5.41) is 3.84. The number of aryl methyl sites for hydroxylation is 2. The molecule has 6 nitrogen and oxygen atoms in total. The number of hydrogen-bond acceptors (Lipinski definition) is 6. The minimum absolute atomic E-state index is 0.148. The third kappa shape index (κ3) is 4.08. The summed E-state index contributed by atoms with van der Waals surface area (Å²) in [6.07, 6.45) is 4.75. The Bertz CT molecular complexity index is 642. The van der Waals surface area contributed by atoms with Gasteiger partial charge in [-0.1, -0.05) is 13.3 Å². The molecular weight excluding hydrogens is 300 g/mol. The van der Waals surface area contributed by atoms with Gasteiger partial charge in [-0.3, -0.25) is 4.79 Å². The van der Waals surface area contributed by atoms with Gasteiger partial charge in [-0.25, -0.2) is 15.0 Å². The van der Waals surface area contributed by atoms with Gasteiger partial charge in [-0.15, -0.1) is 11.3 Å². The quantitative estimate of drug-likeness (QED) is 0.847. The van der Waals surface area contributed by atoms with E-state index in [1.165, 1.54) is 6.33 Å². The van der Waals surface area contributed by atoms with Gasteiger partial charge in [0.05, 0.1) is 30.1 Å². The number of carbonyl (C=O) groups is 1. The Kier molecular flexibility index (Phi) is 5.97. The van der Waals surface area contributed by atoms with E-state index in [2.05, 4.69) is 27.2 Å². The predicted octanol–water partition coefficient (Wildman–Crippen LogP) is 2.27. The third-order valence-electron chi connectivity index (χ3n) is 3.14. The molecule has 1 N–H and O–H groups in total. The van der Waals surface area contributed by atoms with Crippen LogP contribution in [0.25, 0.3) is 0 Å². The second-order valence-corrected chi connectivity index (χ2v) is 6.03. The van der Waals surface area contributed by atoms with Crippen LogP contribution >= 0.6 is 11.3 Å². The Morgan fingerprint density at radius 3 is 3.00 bits per heavy atom. The summed E-state index contributed by atoms with van der Waals surface area (Å²) in [6, 6.07) is 0. The Hall–Kier alpha value is -1.86. The maximum absolute atomic E-state index is 12.3. The number of nitrogens with zero attached hydrogens (tertiary/aromatic N) is 3. The van der Waals surface area contributed by atoms with Gasteiger partial charge in [0.1, 0.15) is 11.3 Å². The van der Waals surface area contributed by atoms with Crippen molar-refractivity contribution in [1.29, 1.82) is 0 Å². The molecule has 0 fully saturated rings. The zero-order valence-electron chi connectivity index (χ0n) is 13.0. The average molecular weight is 320 g/mol. The molecule has 0 saturated heterocycles. The van der Waals surface area contributed by atoms with E-state index in [-0.39, 0.29) is 5.91 Å². The number of carbonyl (C=O) groups excluding carboxylic acids is 1. The number of aromatic nitrogens is 3. The summed E-state index contributed by atoms with van der Waals surface area (Å²) in [4.78, 5) is 25.9. The minimum atomic E-state index is -0.148. The van der Waals surface area contributed by atoms with Crippen LogP contribution in [0, 0.1) is 6.92 Å². The SMILES string of the molecule is CCCc1ncncc1C(=O)NCc1sc(COC)nc1C. The molecule has 0 aromatic carbocycles. The van der Waals surface area contributed by atoms with E-state index in [1.54, 1.807) is 24.6 Å². The molecule has 1 amide bonds. The summed E-state index contributed by atoms with van der Waals surface area (Å²) in [6.45, 7) is 4.94. The Labute approximate surface area is 134 Å². The predicted molar refractivity (Wildman–Crippen MR) is 84.8 cm³/mol. The zero-order valence-corrected chi connectivity index (χ0v) is 13.9. The molecule has 2 aromatic heterocycles. The molecule has 0 aliphatic rings. The molecule has 0 bridgehead atoms. The van der Waals surface area contributed by atoms with Crippen LogP contribution in [0.1, 0.15) is 45.0 Å². The molecule has 7 heteroatoms. The molecule has 118 valence electrons. The lowest BCUT2D eigenvalue weighted by Gasteiger charge is -2.07. The minimum Gasteiger partial charge on any atom is -0.378 e. The number of hydrogen-bond donors (Lipinski definition) is 1. The summed E-state index contributed by atoms with van der Waals surface area (Å²) in [5.41, 5.74) is 2.26. The number of rotatable bonds is 7. The highest BCUT2D eigenvalue weighted by molar-refractivity contribution is 7.11. The molecule has 0 radical (unpaired) electrons. The Morgan fingerprint density at radius 1 is 1.45 bits per heavy atom. The van der Waals surface area contributed by atoms with Crippen molar-refractivity contribution >= 4 is 17.2 Å². The van der Waals surface area contributed by atoms with E-state index < -0.39 is 0 Å². The number of thiazole rings is 1. The standard InChI is InChI=1S/C15H20N4O2S/c1-4-5-12-11(6-16-9-18-12)15(20)17-7-13-10(2)19-14(22-13)8-21-3/h6,9H,4-5,7-8H2,1-3H3,(H,17,20). The molecular formula is C15H20N4O2S. The molecule has 2 rings (SSSR count). The fourth-order valence-electron chi connectivity index (χ4n) is 2.07. The molecule has 0 aliphatic heterocycles. The Morgan fingerprint density at radius 2 is 2.27 bits per heavy atom. The van der Waals surface area contributed by atoms with Crippen molar-refractivity contribution in [2.75, 3.05) is 7.11 Å². The second kappa shape index (κ2) is 7.95. The average Bonchev–Trinajstić information content (AvgIpc) is 2.86. The molecule has 0 unspecified atom stereocenters. The smallest absolute Gasteiger partial charge is 0.255 e. The molecule has 0 atom stereocenters. The normalized spacial score (nSPS) is 10.7. The van der Waals surface area contributed by atoms with Gasteiger partial charge in [0.15, 0.2) is 0 Å². The van der Waals surface area contributed by atoms with Crippen molar-refractivity contribution in [2.24, 2.45) is 0 Å². The van der Waals surface area contributed by atoms with Crippen LogP contribution in [0.3, 0.4) is 0 Å². The first-order valence-electron chi connectivity index (χ1n) is 7.16. The number of methoxy groups -OCH3 is 1. The first kappa shape index (κ1) is 16.5. The molecule has 0 spiro atoms. The topological polar surface area (TPSA) is 77.0 Å². The lowest BCUT2D eigenvalue weighted by atomic mass is 10.1. The van der Waals surface area contributed by atoms with Crippen LogP contribution in [-0.2, 0) is 24.3 Å². The highest BCUT2D eigenvalue weighted by Crippen LogP contribution is 2.18. The summed E-state index contributed by atoms with van der Waals surface area (Å²) in [5.74, 6) is -0.148. The van der Waals surface area contributed by atoms with Crippen LogP contribution in [0.5, 0.6) is 0 Å². The fourth-order valence-corrected chi connectivity index (χ4v) is 3.06. The summed E-state index contributed by atoms with van der Waals surface area (Å²) in [7, 11) is 1.64. The van der Waals surface area contributed by atoms with Crippen molar-refractivity contribution in [3.63, 3.8) is 0 Å². The van der Waals surface area contributed by atoms with E-state index in [0.717, 1.165) is 34.1 Å². The van der Waals surface area contributed by atoms with Gasteiger partial charge in [-0.2, -0.15) is 0 Å². The maximum Gasteiger partial charge on any atom is 0.255 e. The monoisotopic (exact) mass is 320 g/mol. The van der Waals surface area contributed by atoms with Crippen LogP contribution < -0.4 is 5.32 Å². The van der Waals surface area contributed by atoms with Gasteiger partial charge in [0.25, 0.3) is 5.91 Å². The zero-order chi connectivity index (χ0) is 15.9. The van der Waals surface area contributed by atoms with Gasteiger partial charge >= 0.3 is 0 Å². The summed E-state index contributed by atoms with van der Waals surface area (Å²) < 4.78 is 5.08. The first-order chi connectivity index (χ1) is 10.7. The van der Waals surface area contributed by atoms with Gasteiger partial charge < -0.3 is 10.1 Å². The molecule has 0 aliphatic carbocycles. The first-order valence-corrected chi connectivity index (χ1v) is 7.98. The van der Waals surface area contributed by atoms with Crippen molar-refractivity contribution in [3.8, 4) is 0 Å². The van der Waals surface area contributed by atoms with Crippen LogP contribution in [0.15, 0.2) is 12.5 Å². The lowest BCUT2D eigenvalue weighted by Crippen LogP contribution is -2.24. The molecule has 0 saturated carbocycles. The third-order valence-corrected chi connectivity index (χ3v) is 4.27. The van der Waals surface area contributed by atoms with Gasteiger partial charge in [0, 0.05) is 18.2 Å². The van der Waals surface area contributed by atoms with Gasteiger partial charge in [0.2, 0.25) is 0 Å². The van der Waals surface area contributed by atoms with Crippen molar-refractivity contribution < 1.29 is 9.53 Å². The van der Waals surface area contributed by atoms with Crippen molar-refractivity contribution in [1.82, 2.24) is 20.3 Å². The maximum atomic E-state index is 12.3. The van der Waals surface area contributed by atoms with Crippen LogP contribution in [0.4, 0.5) is 0 Å². The van der Waals surface area contributed by atoms with Gasteiger partial charge in [-0.05, 0) is 13.3 Å². The second-order valence-electron chi connectivity index (χ2n) is 4.86. The number of amides is 1. The Balaban J connectivity index is 2.04. The van der Waals surface area contributed by atoms with E-state index in [4.69, 9.17) is 4.74 Å². The van der Waals surface area contributed by atoms with Crippen LogP contribution in [0.2, 0.25) is 0 Å². The van der Waals surface area contributed by atoms with E-state index in [0.29, 0.717) is 18.7 Å². The lowest BCUT2D eigenvalue weighted by molar-refractivity contribution is 0.0949. The highest BCUT2D eigenvalue weighted by Gasteiger charge is 2.14. The number of ether oxygens (including phenoxy) is 1. The summed E-state index contributed by atoms with van der Waals surface area (Å²) >= 11 is 1.55. The van der Waals surface area contributed by atoms with E-state index in [9.17, 15) is 4.79 Å². The largest absolute Gasteiger partial charge is 0.378 e. The van der Waals surface area contributed by atoms with Crippen molar-refractivity contribution in [3.05, 3.63) is 39.4 Å².